The first-order valence-corrected chi connectivity index (χ1v) is 10.6. The summed E-state index contributed by atoms with van der Waals surface area (Å²) in [5.74, 6) is -0.0460. The van der Waals surface area contributed by atoms with E-state index in [9.17, 15) is 9.59 Å². The number of hydrogen-bond donors (Lipinski definition) is 0. The fourth-order valence-electron chi connectivity index (χ4n) is 2.87. The maximum absolute atomic E-state index is 12.9. The Morgan fingerprint density at radius 3 is 2.38 bits per heavy atom. The molecule has 0 saturated heterocycles. The van der Waals surface area contributed by atoms with Crippen LogP contribution in [0.2, 0.25) is 0 Å². The smallest absolute Gasteiger partial charge is 0.205 e. The quantitative estimate of drug-likeness (QED) is 0.372. The summed E-state index contributed by atoms with van der Waals surface area (Å²) in [7, 11) is 0. The second kappa shape index (κ2) is 5.32. The number of carbonyl (C=O) groups excluding carboxylic acids is 2. The number of carbonyl (C=O) groups is 2. The highest BCUT2D eigenvalue weighted by Crippen LogP contribution is 2.44. The minimum Gasteiger partial charge on any atom is -0.288 e. The van der Waals surface area contributed by atoms with Crippen molar-refractivity contribution in [1.29, 1.82) is 0 Å². The molecule has 4 aromatic heterocycles. The van der Waals surface area contributed by atoms with E-state index in [2.05, 4.69) is 17.5 Å². The monoisotopic (exact) mass is 384 g/mol. The number of fused-ring (bicyclic) bond motifs is 2. The van der Waals surface area contributed by atoms with Crippen molar-refractivity contribution in [2.45, 2.75) is 0 Å². The summed E-state index contributed by atoms with van der Waals surface area (Å²) in [5, 5.41) is 5.70. The Morgan fingerprint density at radius 1 is 0.667 bits per heavy atom. The maximum Gasteiger partial charge on any atom is 0.205 e. The third-order valence-corrected chi connectivity index (χ3v) is 8.20. The zero-order chi connectivity index (χ0) is 16.3. The van der Waals surface area contributed by atoms with Crippen molar-refractivity contribution in [3.8, 4) is 19.5 Å². The number of hydrogen-bond acceptors (Lipinski definition) is 6. The highest BCUT2D eigenvalue weighted by atomic mass is 32.1. The van der Waals surface area contributed by atoms with Crippen molar-refractivity contribution >= 4 is 56.9 Å². The molecule has 0 bridgehead atoms. The molecular weight excluding hydrogens is 376 g/mol. The van der Waals surface area contributed by atoms with E-state index < -0.39 is 0 Å². The van der Waals surface area contributed by atoms with Crippen LogP contribution >= 0.6 is 45.3 Å². The van der Waals surface area contributed by atoms with Gasteiger partial charge in [-0.25, -0.2) is 0 Å². The van der Waals surface area contributed by atoms with Gasteiger partial charge >= 0.3 is 0 Å². The number of ketones is 2. The molecule has 0 atom stereocenters. The van der Waals surface area contributed by atoms with Crippen LogP contribution in [0, 0.1) is 0 Å². The van der Waals surface area contributed by atoms with Crippen molar-refractivity contribution in [3.63, 3.8) is 0 Å². The van der Waals surface area contributed by atoms with Gasteiger partial charge in [-0.15, -0.1) is 45.3 Å². The van der Waals surface area contributed by atoms with Gasteiger partial charge in [-0.2, -0.15) is 0 Å². The summed E-state index contributed by atoms with van der Waals surface area (Å²) in [6.45, 7) is 0. The predicted molar refractivity (Wildman–Crippen MR) is 102 cm³/mol. The highest BCUT2D eigenvalue weighted by molar-refractivity contribution is 7.26. The predicted octanol–water partition coefficient (Wildman–Crippen LogP) is 6.04. The van der Waals surface area contributed by atoms with Gasteiger partial charge in [0.25, 0.3) is 0 Å². The van der Waals surface area contributed by atoms with Crippen LogP contribution < -0.4 is 0 Å². The molecule has 0 fully saturated rings. The zero-order valence-corrected chi connectivity index (χ0v) is 15.3. The lowest BCUT2D eigenvalue weighted by atomic mass is 9.91. The Kier molecular flexibility index (Phi) is 3.21. The first-order valence-electron chi connectivity index (χ1n) is 7.16. The molecule has 0 spiro atoms. The summed E-state index contributed by atoms with van der Waals surface area (Å²) in [5.41, 5.74) is 1.68. The van der Waals surface area contributed by atoms with Gasteiger partial charge in [-0.3, -0.25) is 9.59 Å². The molecule has 1 aliphatic carbocycles. The van der Waals surface area contributed by atoms with Crippen LogP contribution in [0.5, 0.6) is 0 Å². The fourth-order valence-corrected chi connectivity index (χ4v) is 6.72. The average Bonchev–Trinajstić information content (AvgIpc) is 3.39. The van der Waals surface area contributed by atoms with Gasteiger partial charge in [0.15, 0.2) is 5.78 Å². The van der Waals surface area contributed by atoms with Crippen LogP contribution in [-0.4, -0.2) is 11.6 Å². The van der Waals surface area contributed by atoms with E-state index in [-0.39, 0.29) is 11.6 Å². The lowest BCUT2D eigenvalue weighted by Gasteiger charge is -2.11. The van der Waals surface area contributed by atoms with Gasteiger partial charge < -0.3 is 0 Å². The number of rotatable bonds is 2. The van der Waals surface area contributed by atoms with Crippen LogP contribution in [0.15, 0.2) is 46.5 Å². The third kappa shape index (κ3) is 1.97. The lowest BCUT2D eigenvalue weighted by Crippen LogP contribution is -2.17. The molecule has 0 saturated carbocycles. The summed E-state index contributed by atoms with van der Waals surface area (Å²) in [6, 6.07) is 10.0. The van der Waals surface area contributed by atoms with Crippen molar-refractivity contribution in [1.82, 2.24) is 0 Å². The third-order valence-electron chi connectivity index (χ3n) is 3.97. The van der Waals surface area contributed by atoms with E-state index in [0.717, 1.165) is 9.75 Å². The molecule has 0 unspecified atom stereocenters. The molecule has 0 aromatic carbocycles. The maximum atomic E-state index is 12.9. The van der Waals surface area contributed by atoms with E-state index in [1.807, 2.05) is 22.9 Å². The van der Waals surface area contributed by atoms with E-state index in [1.165, 1.54) is 32.4 Å². The van der Waals surface area contributed by atoms with Gasteiger partial charge in [0.1, 0.15) is 0 Å². The molecule has 24 heavy (non-hydrogen) atoms. The molecule has 0 radical (unpaired) electrons. The molecule has 4 aromatic rings. The molecule has 116 valence electrons. The molecule has 0 amide bonds. The van der Waals surface area contributed by atoms with Crippen LogP contribution in [-0.2, 0) is 0 Å². The van der Waals surface area contributed by atoms with E-state index >= 15 is 0 Å². The van der Waals surface area contributed by atoms with Gasteiger partial charge in [0, 0.05) is 31.1 Å². The molecular formula is C18H8O2S4. The van der Waals surface area contributed by atoms with Crippen molar-refractivity contribution < 1.29 is 9.59 Å². The second-order valence-electron chi connectivity index (χ2n) is 5.32. The van der Waals surface area contributed by atoms with E-state index in [4.69, 9.17) is 0 Å². The summed E-state index contributed by atoms with van der Waals surface area (Å²) >= 11 is 6.21. The van der Waals surface area contributed by atoms with Gasteiger partial charge in [0.2, 0.25) is 5.78 Å². The summed E-state index contributed by atoms with van der Waals surface area (Å²) in [4.78, 5) is 30.4. The summed E-state index contributed by atoms with van der Waals surface area (Å²) in [6.07, 6.45) is 0. The molecule has 4 heterocycles. The first kappa shape index (κ1) is 14.5. The SMILES string of the molecule is O=C1c2ccsc2C(=O)c2c1csc2-c1ccc(-c2cccs2)s1. The van der Waals surface area contributed by atoms with E-state index in [0.29, 0.717) is 21.6 Å². The average molecular weight is 385 g/mol. The minimum absolute atomic E-state index is 0.0167. The second-order valence-corrected chi connectivity index (χ2v) is 9.14. The van der Waals surface area contributed by atoms with E-state index in [1.54, 1.807) is 28.7 Å². The molecule has 1 aliphatic rings. The van der Waals surface area contributed by atoms with Crippen molar-refractivity contribution in [2.75, 3.05) is 0 Å². The molecule has 0 aliphatic heterocycles. The fraction of sp³-hybridized carbons (Fsp3) is 0. The van der Waals surface area contributed by atoms with Crippen LogP contribution in [0.25, 0.3) is 19.5 Å². The van der Waals surface area contributed by atoms with Gasteiger partial charge in [-0.05, 0) is 35.0 Å². The largest absolute Gasteiger partial charge is 0.288 e. The Bertz CT molecular complexity index is 1090. The van der Waals surface area contributed by atoms with Crippen LogP contribution in [0.4, 0.5) is 0 Å². The standard InChI is InChI=1S/C18H8O2S4/c19-15-9-5-7-22-17(9)16(20)14-10(15)8-23-18(14)13-4-3-12(24-13)11-2-1-6-21-11/h1-8H. The molecule has 6 heteroatoms. The Morgan fingerprint density at radius 2 is 1.54 bits per heavy atom. The van der Waals surface area contributed by atoms with Gasteiger partial charge in [0.05, 0.1) is 15.3 Å². The van der Waals surface area contributed by atoms with Crippen molar-refractivity contribution in [3.05, 3.63) is 68.0 Å². The summed E-state index contributed by atoms with van der Waals surface area (Å²) < 4.78 is 0. The highest BCUT2D eigenvalue weighted by Gasteiger charge is 2.34. The normalized spacial score (nSPS) is 13.2. The number of thiophene rings is 4. The first-order chi connectivity index (χ1) is 11.7. The zero-order valence-electron chi connectivity index (χ0n) is 12.1. The Labute approximate surface area is 153 Å². The Balaban J connectivity index is 1.66. The van der Waals surface area contributed by atoms with Crippen LogP contribution in [0.3, 0.4) is 0 Å². The lowest BCUT2D eigenvalue weighted by molar-refractivity contribution is 0.0984. The van der Waals surface area contributed by atoms with Crippen molar-refractivity contribution in [2.24, 2.45) is 0 Å². The molecule has 0 N–H and O–H groups in total. The Hall–Kier alpha value is -1.86. The van der Waals surface area contributed by atoms with Crippen LogP contribution in [0.1, 0.15) is 31.2 Å². The molecule has 5 rings (SSSR count). The molecule has 2 nitrogen and oxygen atoms in total. The van der Waals surface area contributed by atoms with Gasteiger partial charge in [-0.1, -0.05) is 6.07 Å². The topological polar surface area (TPSA) is 34.1 Å². The minimum atomic E-state index is -0.0293.